The van der Waals surface area contributed by atoms with Crippen LogP contribution in [0.4, 0.5) is 5.82 Å². The zero-order valence-corrected chi connectivity index (χ0v) is 14.3. The molecule has 1 unspecified atom stereocenters. The monoisotopic (exact) mass is 335 g/mol. The van der Waals surface area contributed by atoms with Crippen LogP contribution in [-0.2, 0) is 4.79 Å². The number of rotatable bonds is 2. The van der Waals surface area contributed by atoms with Gasteiger partial charge < -0.3 is 9.80 Å². The first-order valence-electron chi connectivity index (χ1n) is 8.72. The number of pyridine rings is 1. The van der Waals surface area contributed by atoms with Gasteiger partial charge in [0.15, 0.2) is 5.78 Å². The summed E-state index contributed by atoms with van der Waals surface area (Å²) in [6, 6.07) is 11.6. The van der Waals surface area contributed by atoms with Gasteiger partial charge in [0.05, 0.1) is 5.92 Å². The molecule has 0 N–H and O–H groups in total. The van der Waals surface area contributed by atoms with Crippen LogP contribution < -0.4 is 4.90 Å². The molecule has 1 aliphatic carbocycles. The molecule has 2 heterocycles. The van der Waals surface area contributed by atoms with Gasteiger partial charge in [-0.25, -0.2) is 4.98 Å². The highest BCUT2D eigenvalue weighted by Gasteiger charge is 2.38. The van der Waals surface area contributed by atoms with Crippen LogP contribution in [0.3, 0.4) is 0 Å². The highest BCUT2D eigenvalue weighted by molar-refractivity contribution is 6.07. The minimum atomic E-state index is -0.315. The Morgan fingerprint density at radius 3 is 2.60 bits per heavy atom. The number of nitrogens with zero attached hydrogens (tertiary/aromatic N) is 3. The number of aryl methyl sites for hydroxylation is 1. The van der Waals surface area contributed by atoms with E-state index in [1.165, 1.54) is 0 Å². The number of hydrogen-bond acceptors (Lipinski definition) is 4. The number of amides is 1. The third-order valence-corrected chi connectivity index (χ3v) is 5.23. The summed E-state index contributed by atoms with van der Waals surface area (Å²) in [4.78, 5) is 33.8. The molecule has 128 valence electrons. The Balaban J connectivity index is 1.48. The van der Waals surface area contributed by atoms with E-state index in [1.807, 2.05) is 48.2 Å². The third kappa shape index (κ3) is 2.80. The van der Waals surface area contributed by atoms with Crippen molar-refractivity contribution in [2.75, 3.05) is 31.1 Å². The van der Waals surface area contributed by atoms with E-state index in [4.69, 9.17) is 0 Å². The molecule has 1 aromatic heterocycles. The maximum atomic E-state index is 13.0. The second kappa shape index (κ2) is 6.31. The summed E-state index contributed by atoms with van der Waals surface area (Å²) in [5, 5.41) is 0. The minimum absolute atomic E-state index is 0.0853. The SMILES string of the molecule is Cc1cccc2c1C(C(=O)N1CCN(c3ccccn3)CC1)CC2=O. The van der Waals surface area contributed by atoms with Gasteiger partial charge in [-0.15, -0.1) is 0 Å². The summed E-state index contributed by atoms with van der Waals surface area (Å²) in [5.74, 6) is 0.808. The summed E-state index contributed by atoms with van der Waals surface area (Å²) < 4.78 is 0. The Bertz CT molecular complexity index is 811. The van der Waals surface area contributed by atoms with E-state index in [1.54, 1.807) is 6.20 Å². The molecule has 1 fully saturated rings. The molecule has 2 aromatic rings. The van der Waals surface area contributed by atoms with Crippen molar-refractivity contribution >= 4 is 17.5 Å². The van der Waals surface area contributed by atoms with E-state index in [9.17, 15) is 9.59 Å². The summed E-state index contributed by atoms with van der Waals surface area (Å²) in [6.45, 7) is 4.85. The van der Waals surface area contributed by atoms with Gasteiger partial charge in [0.2, 0.25) is 5.91 Å². The second-order valence-corrected chi connectivity index (χ2v) is 6.72. The fourth-order valence-electron chi connectivity index (χ4n) is 3.91. The topological polar surface area (TPSA) is 53.5 Å². The number of benzene rings is 1. The van der Waals surface area contributed by atoms with Crippen molar-refractivity contribution in [1.82, 2.24) is 9.88 Å². The molecule has 5 nitrogen and oxygen atoms in total. The number of aromatic nitrogens is 1. The lowest BCUT2D eigenvalue weighted by atomic mass is 9.95. The van der Waals surface area contributed by atoms with Crippen LogP contribution in [0.5, 0.6) is 0 Å². The molecule has 2 aliphatic rings. The molecule has 25 heavy (non-hydrogen) atoms. The van der Waals surface area contributed by atoms with Crippen LogP contribution in [0.2, 0.25) is 0 Å². The number of Topliss-reactive ketones (excluding diaryl/α,β-unsaturated/α-hetero) is 1. The Morgan fingerprint density at radius 2 is 1.88 bits per heavy atom. The van der Waals surface area contributed by atoms with Crippen molar-refractivity contribution in [3.05, 3.63) is 59.3 Å². The number of anilines is 1. The summed E-state index contributed by atoms with van der Waals surface area (Å²) in [7, 11) is 0. The Morgan fingerprint density at radius 1 is 1.08 bits per heavy atom. The Labute approximate surface area is 147 Å². The third-order valence-electron chi connectivity index (χ3n) is 5.23. The zero-order chi connectivity index (χ0) is 17.4. The average Bonchev–Trinajstić information content (AvgIpc) is 3.00. The summed E-state index contributed by atoms with van der Waals surface area (Å²) in [6.07, 6.45) is 2.09. The van der Waals surface area contributed by atoms with E-state index >= 15 is 0 Å². The van der Waals surface area contributed by atoms with Crippen LogP contribution in [0.1, 0.15) is 33.8 Å². The van der Waals surface area contributed by atoms with Crippen molar-refractivity contribution in [1.29, 1.82) is 0 Å². The number of ketones is 1. The standard InChI is InChI=1S/C20H21N3O2/c1-14-5-4-6-15-17(24)13-16(19(14)15)20(25)23-11-9-22(10-12-23)18-7-2-3-8-21-18/h2-8,16H,9-13H2,1H3. The lowest BCUT2D eigenvalue weighted by Crippen LogP contribution is -2.50. The molecule has 1 aromatic carbocycles. The maximum Gasteiger partial charge on any atom is 0.230 e. The van der Waals surface area contributed by atoms with E-state index in [0.29, 0.717) is 19.5 Å². The smallest absolute Gasteiger partial charge is 0.230 e. The Hall–Kier alpha value is -2.69. The molecule has 5 heteroatoms. The number of carbonyl (C=O) groups is 2. The van der Waals surface area contributed by atoms with Gasteiger partial charge in [0.25, 0.3) is 0 Å². The number of carbonyl (C=O) groups excluding carboxylic acids is 2. The number of piperazine rings is 1. The fourth-order valence-corrected chi connectivity index (χ4v) is 3.91. The lowest BCUT2D eigenvalue weighted by Gasteiger charge is -2.36. The molecular formula is C20H21N3O2. The lowest BCUT2D eigenvalue weighted by molar-refractivity contribution is -0.133. The molecule has 0 radical (unpaired) electrons. The largest absolute Gasteiger partial charge is 0.353 e. The van der Waals surface area contributed by atoms with E-state index in [-0.39, 0.29) is 17.6 Å². The van der Waals surface area contributed by atoms with Crippen molar-refractivity contribution in [2.45, 2.75) is 19.3 Å². The molecule has 0 bridgehead atoms. The van der Waals surface area contributed by atoms with Crippen LogP contribution in [0, 0.1) is 6.92 Å². The fraction of sp³-hybridized carbons (Fsp3) is 0.350. The highest BCUT2D eigenvalue weighted by Crippen LogP contribution is 2.36. The van der Waals surface area contributed by atoms with E-state index in [2.05, 4.69) is 9.88 Å². The number of fused-ring (bicyclic) bond motifs is 1. The molecule has 1 aliphatic heterocycles. The van der Waals surface area contributed by atoms with Gasteiger partial charge in [-0.3, -0.25) is 9.59 Å². The summed E-state index contributed by atoms with van der Waals surface area (Å²) >= 11 is 0. The van der Waals surface area contributed by atoms with Gasteiger partial charge in [0.1, 0.15) is 5.82 Å². The summed E-state index contributed by atoms with van der Waals surface area (Å²) in [5.41, 5.74) is 2.70. The minimum Gasteiger partial charge on any atom is -0.353 e. The molecule has 0 saturated carbocycles. The molecule has 4 rings (SSSR count). The molecule has 1 atom stereocenters. The molecule has 1 saturated heterocycles. The molecule has 1 amide bonds. The van der Waals surface area contributed by atoms with Gasteiger partial charge >= 0.3 is 0 Å². The van der Waals surface area contributed by atoms with Crippen LogP contribution in [-0.4, -0.2) is 47.8 Å². The van der Waals surface area contributed by atoms with Crippen LogP contribution >= 0.6 is 0 Å². The maximum absolute atomic E-state index is 13.0. The van der Waals surface area contributed by atoms with Crippen molar-refractivity contribution in [2.24, 2.45) is 0 Å². The van der Waals surface area contributed by atoms with Crippen LogP contribution in [0.15, 0.2) is 42.6 Å². The van der Waals surface area contributed by atoms with E-state index < -0.39 is 0 Å². The second-order valence-electron chi connectivity index (χ2n) is 6.72. The van der Waals surface area contributed by atoms with Crippen molar-refractivity contribution in [3.8, 4) is 0 Å². The number of hydrogen-bond donors (Lipinski definition) is 0. The van der Waals surface area contributed by atoms with Crippen LogP contribution in [0.25, 0.3) is 0 Å². The first kappa shape index (κ1) is 15.8. The predicted molar refractivity (Wildman–Crippen MR) is 95.9 cm³/mol. The van der Waals surface area contributed by atoms with Crippen molar-refractivity contribution < 1.29 is 9.59 Å². The van der Waals surface area contributed by atoms with Gasteiger partial charge in [-0.1, -0.05) is 24.3 Å². The quantitative estimate of drug-likeness (QED) is 0.846. The molecular weight excluding hydrogens is 314 g/mol. The molecule has 0 spiro atoms. The predicted octanol–water partition coefficient (Wildman–Crippen LogP) is 2.41. The van der Waals surface area contributed by atoms with Gasteiger partial charge in [-0.05, 0) is 30.2 Å². The van der Waals surface area contributed by atoms with Gasteiger partial charge in [-0.2, -0.15) is 0 Å². The first-order valence-corrected chi connectivity index (χ1v) is 8.72. The van der Waals surface area contributed by atoms with Gasteiger partial charge in [0, 0.05) is 44.4 Å². The van der Waals surface area contributed by atoms with E-state index in [0.717, 1.165) is 35.6 Å². The Kier molecular flexibility index (Phi) is 3.99. The first-order chi connectivity index (χ1) is 12.1. The normalized spacial score (nSPS) is 19.9. The highest BCUT2D eigenvalue weighted by atomic mass is 16.2. The average molecular weight is 335 g/mol. The zero-order valence-electron chi connectivity index (χ0n) is 14.3. The van der Waals surface area contributed by atoms with Crippen molar-refractivity contribution in [3.63, 3.8) is 0 Å².